The number of hydrogen-bond acceptors (Lipinski definition) is 5. The fraction of sp³-hybridized carbons (Fsp3) is 0.357. The van der Waals surface area contributed by atoms with Gasteiger partial charge in [-0.3, -0.25) is 25.1 Å². The van der Waals surface area contributed by atoms with Gasteiger partial charge in [0.25, 0.3) is 11.8 Å². The van der Waals surface area contributed by atoms with Gasteiger partial charge in [0, 0.05) is 24.2 Å². The van der Waals surface area contributed by atoms with Gasteiger partial charge < -0.3 is 0 Å². The monoisotopic (exact) mass is 512 g/mol. The first-order chi connectivity index (χ1) is 17.0. The second kappa shape index (κ2) is 15.2. The Morgan fingerprint density at radius 1 is 0.778 bits per heavy atom. The predicted octanol–water partition coefficient (Wildman–Crippen LogP) is 5.22. The number of nitrogens with one attached hydrogen (secondary N) is 3. The predicted molar refractivity (Wildman–Crippen MR) is 146 cm³/mol. The number of nitrogens with zero attached hydrogens (tertiary/aromatic N) is 1. The van der Waals surface area contributed by atoms with Gasteiger partial charge in [0.05, 0.1) is 0 Å². The van der Waals surface area contributed by atoms with Crippen LogP contribution in [0.1, 0.15) is 71.4 Å². The number of unbranched alkanes of at least 4 members (excludes halogenated alkanes) is 2. The number of carbonyl (C=O) groups excluding carboxylic acids is 2. The third-order valence-electron chi connectivity index (χ3n) is 6.04. The molecule has 0 aliphatic carbocycles. The van der Waals surface area contributed by atoms with E-state index in [9.17, 15) is 9.59 Å². The van der Waals surface area contributed by atoms with Gasteiger partial charge in [-0.25, -0.2) is 10.9 Å². The second-order valence-electron chi connectivity index (χ2n) is 8.83. The quantitative estimate of drug-likeness (QED) is 0.186. The molecule has 0 bridgehead atoms. The van der Waals surface area contributed by atoms with Crippen molar-refractivity contribution < 1.29 is 14.8 Å². The molecule has 0 heterocycles. The van der Waals surface area contributed by atoms with Gasteiger partial charge in [-0.1, -0.05) is 51.0 Å². The molecule has 8 heteroatoms. The normalized spacial score (nSPS) is 10.8. The van der Waals surface area contributed by atoms with E-state index in [1.54, 1.807) is 5.48 Å². The minimum atomic E-state index is -0.621. The Kier molecular flexibility index (Phi) is 12.4. The van der Waals surface area contributed by atoms with E-state index >= 15 is 0 Å². The topological polar surface area (TPSA) is 93.7 Å². The summed E-state index contributed by atoms with van der Waals surface area (Å²) in [5, 5.41) is 11.1. The maximum absolute atomic E-state index is 12.3. The van der Waals surface area contributed by atoms with Gasteiger partial charge in [0.15, 0.2) is 0 Å². The van der Waals surface area contributed by atoms with E-state index in [-0.39, 0.29) is 23.9 Å². The van der Waals surface area contributed by atoms with Gasteiger partial charge in [-0.05, 0) is 84.2 Å². The van der Waals surface area contributed by atoms with Crippen LogP contribution in [0.15, 0.2) is 60.7 Å². The number of carbonyl (C=O) groups is 2. The zero-order valence-corrected chi connectivity index (χ0v) is 21.9. The summed E-state index contributed by atoms with van der Waals surface area (Å²) >= 11 is 0. The van der Waals surface area contributed by atoms with Crippen molar-refractivity contribution in [3.05, 3.63) is 82.9 Å². The van der Waals surface area contributed by atoms with E-state index in [1.165, 1.54) is 66.3 Å². The third-order valence-corrected chi connectivity index (χ3v) is 6.04. The molecular weight excluding hydrogens is 476 g/mol. The molecule has 7 nitrogen and oxygen atoms in total. The zero-order valence-electron chi connectivity index (χ0n) is 21.0. The largest absolute Gasteiger partial charge is 0.299 e. The molecule has 0 fully saturated rings. The minimum Gasteiger partial charge on any atom is -0.299 e. The first-order valence-electron chi connectivity index (χ1n) is 12.4. The SMILES string of the molecule is CCCCN(CCCC)Cc1ccc2cc(CNNC(=O)c3ccc(C(=O)NO)cc3)ccc2c1.Cl. The average Bonchev–Trinajstić information content (AvgIpc) is 2.89. The van der Waals surface area contributed by atoms with Crippen LogP contribution in [-0.4, -0.2) is 35.0 Å². The standard InChI is InChI=1S/C28H36N4O3.ClH/c1-3-5-15-32(16-6-4-2)20-22-8-10-25-17-21(7-9-26(25)18-22)19-29-30-27(33)23-11-13-24(14-12-23)28(34)31-35;/h7-14,17-18,29,35H,3-6,15-16,19-20H2,1-2H3,(H,30,33)(H,31,34);1H. The highest BCUT2D eigenvalue weighted by atomic mass is 35.5. The molecule has 194 valence electrons. The summed E-state index contributed by atoms with van der Waals surface area (Å²) in [6.45, 7) is 8.24. The highest BCUT2D eigenvalue weighted by Gasteiger charge is 2.09. The van der Waals surface area contributed by atoms with Crippen LogP contribution < -0.4 is 16.3 Å². The molecular formula is C28H37ClN4O3. The lowest BCUT2D eigenvalue weighted by atomic mass is 10.0. The summed E-state index contributed by atoms with van der Waals surface area (Å²) in [5.74, 6) is -0.925. The highest BCUT2D eigenvalue weighted by molar-refractivity contribution is 5.97. The number of amides is 2. The first-order valence-corrected chi connectivity index (χ1v) is 12.4. The van der Waals surface area contributed by atoms with Gasteiger partial charge in [0.1, 0.15) is 0 Å². The molecule has 4 N–H and O–H groups in total. The summed E-state index contributed by atoms with van der Waals surface area (Å²) < 4.78 is 0. The van der Waals surface area contributed by atoms with E-state index < -0.39 is 5.91 Å². The molecule has 0 unspecified atom stereocenters. The Hall–Kier alpha value is -2.97. The lowest BCUT2D eigenvalue weighted by molar-refractivity contribution is 0.0706. The first kappa shape index (κ1) is 29.3. The highest BCUT2D eigenvalue weighted by Crippen LogP contribution is 2.19. The number of halogens is 1. The van der Waals surface area contributed by atoms with Gasteiger partial charge in [-0.2, -0.15) is 0 Å². The van der Waals surface area contributed by atoms with E-state index in [2.05, 4.69) is 66.0 Å². The molecule has 0 aromatic heterocycles. The molecule has 0 radical (unpaired) electrons. The Labute approximate surface area is 219 Å². The Balaban J connectivity index is 0.00000456. The molecule has 0 saturated carbocycles. The molecule has 36 heavy (non-hydrogen) atoms. The van der Waals surface area contributed by atoms with Crippen LogP contribution in [-0.2, 0) is 13.1 Å². The van der Waals surface area contributed by atoms with Crippen molar-refractivity contribution in [1.82, 2.24) is 21.2 Å². The summed E-state index contributed by atoms with van der Waals surface area (Å²) in [6, 6.07) is 19.0. The number of hydroxylamine groups is 1. The Morgan fingerprint density at radius 2 is 1.31 bits per heavy atom. The van der Waals surface area contributed by atoms with Gasteiger partial charge in [-0.15, -0.1) is 12.4 Å². The van der Waals surface area contributed by atoms with E-state index in [0.29, 0.717) is 12.1 Å². The molecule has 0 atom stereocenters. The maximum Gasteiger partial charge on any atom is 0.274 e. The molecule has 3 aromatic rings. The Bertz CT molecular complexity index is 1110. The van der Waals surface area contributed by atoms with Gasteiger partial charge >= 0.3 is 0 Å². The van der Waals surface area contributed by atoms with Crippen molar-refractivity contribution in [3.63, 3.8) is 0 Å². The Morgan fingerprint density at radius 3 is 1.86 bits per heavy atom. The van der Waals surface area contributed by atoms with Crippen LogP contribution in [0.3, 0.4) is 0 Å². The van der Waals surface area contributed by atoms with Crippen molar-refractivity contribution in [1.29, 1.82) is 0 Å². The molecule has 2 amide bonds. The van der Waals surface area contributed by atoms with Crippen molar-refractivity contribution in [3.8, 4) is 0 Å². The van der Waals surface area contributed by atoms with E-state index in [4.69, 9.17) is 5.21 Å². The lowest BCUT2D eigenvalue weighted by Crippen LogP contribution is -2.36. The summed E-state index contributed by atoms with van der Waals surface area (Å²) in [6.07, 6.45) is 4.90. The number of rotatable bonds is 13. The molecule has 0 saturated heterocycles. The van der Waals surface area contributed by atoms with Crippen molar-refractivity contribution in [2.24, 2.45) is 0 Å². The third kappa shape index (κ3) is 8.60. The van der Waals surface area contributed by atoms with Crippen LogP contribution in [0.4, 0.5) is 0 Å². The lowest BCUT2D eigenvalue weighted by Gasteiger charge is -2.22. The molecule has 0 spiro atoms. The number of fused-ring (bicyclic) bond motifs is 1. The fourth-order valence-electron chi connectivity index (χ4n) is 3.98. The average molecular weight is 513 g/mol. The van der Waals surface area contributed by atoms with Crippen LogP contribution >= 0.6 is 12.4 Å². The fourth-order valence-corrected chi connectivity index (χ4v) is 3.98. The van der Waals surface area contributed by atoms with Crippen LogP contribution in [0.25, 0.3) is 10.8 Å². The number of hydrazine groups is 1. The number of benzene rings is 3. The van der Waals surface area contributed by atoms with Crippen molar-refractivity contribution >= 4 is 35.0 Å². The summed E-state index contributed by atoms with van der Waals surface area (Å²) in [7, 11) is 0. The van der Waals surface area contributed by atoms with Crippen LogP contribution in [0.2, 0.25) is 0 Å². The second-order valence-corrected chi connectivity index (χ2v) is 8.83. The molecule has 0 aliphatic rings. The molecule has 3 rings (SSSR count). The number of hydrogen-bond donors (Lipinski definition) is 4. The van der Waals surface area contributed by atoms with Crippen molar-refractivity contribution in [2.45, 2.75) is 52.6 Å². The smallest absolute Gasteiger partial charge is 0.274 e. The molecule has 0 aliphatic heterocycles. The summed E-state index contributed by atoms with van der Waals surface area (Å²) in [4.78, 5) is 26.3. The van der Waals surface area contributed by atoms with Crippen LogP contribution in [0.5, 0.6) is 0 Å². The van der Waals surface area contributed by atoms with E-state index in [1.807, 2.05) is 0 Å². The molecule has 3 aromatic carbocycles. The zero-order chi connectivity index (χ0) is 25.0. The van der Waals surface area contributed by atoms with Crippen molar-refractivity contribution in [2.75, 3.05) is 13.1 Å². The van der Waals surface area contributed by atoms with Crippen LogP contribution in [0, 0.1) is 0 Å². The minimum absolute atomic E-state index is 0. The summed E-state index contributed by atoms with van der Waals surface area (Å²) in [5.41, 5.74) is 10.3. The van der Waals surface area contributed by atoms with Gasteiger partial charge in [0.2, 0.25) is 0 Å². The van der Waals surface area contributed by atoms with E-state index in [0.717, 1.165) is 25.2 Å². The maximum atomic E-state index is 12.3.